The summed E-state index contributed by atoms with van der Waals surface area (Å²) in [7, 11) is 0. The van der Waals surface area contributed by atoms with Crippen LogP contribution in [0.4, 0.5) is 10.1 Å². The lowest BCUT2D eigenvalue weighted by molar-refractivity contribution is -0.116. The second-order valence-electron chi connectivity index (χ2n) is 5.54. The topological polar surface area (TPSA) is 58.4 Å². The number of carbonyl (C=O) groups is 1. The van der Waals surface area contributed by atoms with E-state index in [-0.39, 0.29) is 17.8 Å². The van der Waals surface area contributed by atoms with Crippen LogP contribution in [0.1, 0.15) is 19.8 Å². The fourth-order valence-corrected chi connectivity index (χ4v) is 2.50. The van der Waals surface area contributed by atoms with E-state index in [1.54, 1.807) is 12.1 Å². The van der Waals surface area contributed by atoms with Gasteiger partial charge in [-0.1, -0.05) is 13.0 Å². The number of likely N-dealkylation sites (tertiary alicyclic amines) is 1. The molecule has 110 valence electrons. The first-order valence-corrected chi connectivity index (χ1v) is 7.08. The highest BCUT2D eigenvalue weighted by Gasteiger charge is 2.23. The summed E-state index contributed by atoms with van der Waals surface area (Å²) in [6, 6.07) is 6.21. The molecule has 1 aliphatic heterocycles. The van der Waals surface area contributed by atoms with Gasteiger partial charge in [0.25, 0.3) is 0 Å². The summed E-state index contributed by atoms with van der Waals surface area (Å²) in [5, 5.41) is 2.71. The maximum atomic E-state index is 13.0. The molecule has 1 aliphatic rings. The number of amides is 1. The monoisotopic (exact) mass is 279 g/mol. The molecule has 3 N–H and O–H groups in total. The number of piperidine rings is 1. The Morgan fingerprint density at radius 2 is 2.35 bits per heavy atom. The van der Waals surface area contributed by atoms with Gasteiger partial charge in [-0.2, -0.15) is 0 Å². The molecule has 0 aromatic heterocycles. The minimum Gasteiger partial charge on any atom is -0.327 e. The van der Waals surface area contributed by atoms with Crippen LogP contribution in [-0.2, 0) is 4.79 Å². The molecule has 20 heavy (non-hydrogen) atoms. The summed E-state index contributed by atoms with van der Waals surface area (Å²) in [5.74, 6) is 0.0369. The summed E-state index contributed by atoms with van der Waals surface area (Å²) in [6.07, 6.45) is 1.39. The van der Waals surface area contributed by atoms with Crippen molar-refractivity contribution in [3.05, 3.63) is 30.1 Å². The molecule has 2 atom stereocenters. The Hall–Kier alpha value is -1.46. The zero-order chi connectivity index (χ0) is 14.5. The van der Waals surface area contributed by atoms with E-state index in [1.807, 2.05) is 0 Å². The molecule has 0 aliphatic carbocycles. The molecule has 0 bridgehead atoms. The third kappa shape index (κ3) is 4.28. The van der Waals surface area contributed by atoms with E-state index in [0.717, 1.165) is 26.1 Å². The number of benzene rings is 1. The lowest BCUT2D eigenvalue weighted by atomic mass is 9.95. The molecule has 1 amide bonds. The van der Waals surface area contributed by atoms with Gasteiger partial charge < -0.3 is 16.0 Å². The van der Waals surface area contributed by atoms with Crippen molar-refractivity contribution in [1.29, 1.82) is 0 Å². The number of carbonyl (C=O) groups excluding carboxylic acids is 1. The van der Waals surface area contributed by atoms with Crippen LogP contribution in [0.2, 0.25) is 0 Å². The van der Waals surface area contributed by atoms with Gasteiger partial charge in [0.1, 0.15) is 5.82 Å². The summed E-state index contributed by atoms with van der Waals surface area (Å²) < 4.78 is 13.0. The highest BCUT2D eigenvalue weighted by atomic mass is 19.1. The predicted molar refractivity (Wildman–Crippen MR) is 77.8 cm³/mol. The van der Waals surface area contributed by atoms with Crippen LogP contribution >= 0.6 is 0 Å². The Morgan fingerprint density at radius 3 is 3.05 bits per heavy atom. The second kappa shape index (κ2) is 6.81. The molecule has 5 heteroatoms. The van der Waals surface area contributed by atoms with Crippen LogP contribution in [0.25, 0.3) is 0 Å². The number of nitrogens with one attached hydrogen (secondary N) is 1. The van der Waals surface area contributed by atoms with Gasteiger partial charge in [0.15, 0.2) is 0 Å². The maximum Gasteiger partial charge on any atom is 0.225 e. The molecule has 0 radical (unpaired) electrons. The predicted octanol–water partition coefficient (Wildman–Crippen LogP) is 1.82. The van der Waals surface area contributed by atoms with E-state index in [0.29, 0.717) is 18.0 Å². The number of nitrogens with two attached hydrogens (primary N) is 1. The fourth-order valence-electron chi connectivity index (χ4n) is 2.50. The van der Waals surface area contributed by atoms with E-state index < -0.39 is 0 Å². The molecule has 1 aromatic rings. The first kappa shape index (κ1) is 14.9. The van der Waals surface area contributed by atoms with E-state index in [4.69, 9.17) is 5.73 Å². The zero-order valence-corrected chi connectivity index (χ0v) is 11.8. The Balaban J connectivity index is 1.75. The van der Waals surface area contributed by atoms with Gasteiger partial charge in [-0.15, -0.1) is 0 Å². The molecule has 2 unspecified atom stereocenters. The van der Waals surface area contributed by atoms with Gasteiger partial charge in [-0.05, 0) is 37.1 Å². The standard InChI is InChI=1S/C15H22FN3O/c1-11-10-19(7-5-14(11)17)8-6-15(20)18-13-4-2-3-12(16)9-13/h2-4,9,11,14H,5-8,10,17H2,1H3,(H,18,20). The Kier molecular flexibility index (Phi) is 5.09. The number of anilines is 1. The minimum atomic E-state index is -0.346. The van der Waals surface area contributed by atoms with Crippen LogP contribution in [0, 0.1) is 11.7 Å². The quantitative estimate of drug-likeness (QED) is 0.884. The van der Waals surface area contributed by atoms with Gasteiger partial charge in [-0.3, -0.25) is 4.79 Å². The molecular formula is C15H22FN3O. The van der Waals surface area contributed by atoms with E-state index >= 15 is 0 Å². The molecule has 1 heterocycles. The fraction of sp³-hybridized carbons (Fsp3) is 0.533. The molecule has 0 saturated carbocycles. The molecule has 1 fully saturated rings. The highest BCUT2D eigenvalue weighted by molar-refractivity contribution is 5.90. The van der Waals surface area contributed by atoms with E-state index in [1.165, 1.54) is 12.1 Å². The van der Waals surface area contributed by atoms with Crippen LogP contribution < -0.4 is 11.1 Å². The first-order chi connectivity index (χ1) is 9.54. The maximum absolute atomic E-state index is 13.0. The van der Waals surface area contributed by atoms with Gasteiger partial charge in [0.05, 0.1) is 0 Å². The molecular weight excluding hydrogens is 257 g/mol. The minimum absolute atomic E-state index is 0.0851. The van der Waals surface area contributed by atoms with Crippen LogP contribution in [0.15, 0.2) is 24.3 Å². The highest BCUT2D eigenvalue weighted by Crippen LogP contribution is 2.15. The number of hydrogen-bond donors (Lipinski definition) is 2. The Bertz CT molecular complexity index is 466. The Labute approximate surface area is 119 Å². The van der Waals surface area contributed by atoms with Gasteiger partial charge in [-0.25, -0.2) is 4.39 Å². The van der Waals surface area contributed by atoms with Crippen LogP contribution in [0.5, 0.6) is 0 Å². The SMILES string of the molecule is CC1CN(CCC(=O)Nc2cccc(F)c2)CCC1N. The average molecular weight is 279 g/mol. The van der Waals surface area contributed by atoms with E-state index in [9.17, 15) is 9.18 Å². The molecule has 2 rings (SSSR count). The molecule has 1 saturated heterocycles. The molecule has 0 spiro atoms. The Morgan fingerprint density at radius 1 is 1.55 bits per heavy atom. The van der Waals surface area contributed by atoms with Crippen molar-refractivity contribution in [1.82, 2.24) is 4.90 Å². The first-order valence-electron chi connectivity index (χ1n) is 7.08. The normalized spacial score (nSPS) is 23.6. The number of rotatable bonds is 4. The van der Waals surface area contributed by atoms with Crippen molar-refractivity contribution in [3.63, 3.8) is 0 Å². The third-order valence-corrected chi connectivity index (χ3v) is 3.82. The number of hydrogen-bond acceptors (Lipinski definition) is 3. The second-order valence-corrected chi connectivity index (χ2v) is 5.54. The largest absolute Gasteiger partial charge is 0.327 e. The smallest absolute Gasteiger partial charge is 0.225 e. The van der Waals surface area contributed by atoms with Crippen LogP contribution in [0.3, 0.4) is 0 Å². The average Bonchev–Trinajstić information content (AvgIpc) is 2.40. The molecule has 4 nitrogen and oxygen atoms in total. The van der Waals surface area contributed by atoms with Crippen molar-refractivity contribution in [2.45, 2.75) is 25.8 Å². The number of halogens is 1. The van der Waals surface area contributed by atoms with Gasteiger partial charge >= 0.3 is 0 Å². The van der Waals surface area contributed by atoms with Crippen molar-refractivity contribution in [2.75, 3.05) is 25.0 Å². The third-order valence-electron chi connectivity index (χ3n) is 3.82. The summed E-state index contributed by atoms with van der Waals surface area (Å²) in [4.78, 5) is 14.1. The number of nitrogens with zero attached hydrogens (tertiary/aromatic N) is 1. The van der Waals surface area contributed by atoms with Crippen molar-refractivity contribution in [2.24, 2.45) is 11.7 Å². The molecule has 1 aromatic carbocycles. The van der Waals surface area contributed by atoms with Crippen LogP contribution in [-0.4, -0.2) is 36.5 Å². The van der Waals surface area contributed by atoms with Crippen molar-refractivity contribution >= 4 is 11.6 Å². The van der Waals surface area contributed by atoms with Crippen molar-refractivity contribution in [3.8, 4) is 0 Å². The summed E-state index contributed by atoms with van der Waals surface area (Å²) in [6.45, 7) is 4.75. The van der Waals surface area contributed by atoms with E-state index in [2.05, 4.69) is 17.1 Å². The summed E-state index contributed by atoms with van der Waals surface area (Å²) in [5.41, 5.74) is 6.48. The lowest BCUT2D eigenvalue weighted by Crippen LogP contribution is -2.46. The lowest BCUT2D eigenvalue weighted by Gasteiger charge is -2.34. The van der Waals surface area contributed by atoms with Gasteiger partial charge in [0, 0.05) is 31.2 Å². The summed E-state index contributed by atoms with van der Waals surface area (Å²) >= 11 is 0. The zero-order valence-electron chi connectivity index (χ0n) is 11.8. The van der Waals surface area contributed by atoms with Crippen molar-refractivity contribution < 1.29 is 9.18 Å². The van der Waals surface area contributed by atoms with Gasteiger partial charge in [0.2, 0.25) is 5.91 Å².